The molecule has 7 heteroatoms. The summed E-state index contributed by atoms with van der Waals surface area (Å²) in [5, 5.41) is 2.88. The van der Waals surface area contributed by atoms with E-state index in [9.17, 15) is 0 Å². The molecule has 2 aromatic heterocycles. The summed E-state index contributed by atoms with van der Waals surface area (Å²) in [4.78, 5) is 15.5. The van der Waals surface area contributed by atoms with Crippen molar-refractivity contribution in [3.63, 3.8) is 0 Å². The second-order valence-corrected chi connectivity index (χ2v) is 4.02. The summed E-state index contributed by atoms with van der Waals surface area (Å²) < 4.78 is 11.0. The fourth-order valence-electron chi connectivity index (χ4n) is 1.57. The van der Waals surface area contributed by atoms with Gasteiger partial charge in [-0.3, -0.25) is 0 Å². The number of anilines is 1. The van der Waals surface area contributed by atoms with E-state index in [1.54, 1.807) is 13.4 Å². The summed E-state index contributed by atoms with van der Waals surface area (Å²) in [7, 11) is 1.76. The lowest BCUT2D eigenvalue weighted by molar-refractivity contribution is 0.0970. The van der Waals surface area contributed by atoms with Crippen molar-refractivity contribution in [2.75, 3.05) is 32.2 Å². The number of ether oxygens (including phenoxy) is 2. The van der Waals surface area contributed by atoms with Crippen molar-refractivity contribution < 1.29 is 9.47 Å². The lowest BCUT2D eigenvalue weighted by Crippen LogP contribution is -2.09. The molecule has 0 bridgehead atoms. The zero-order chi connectivity index (χ0) is 13.5. The molecule has 19 heavy (non-hydrogen) atoms. The minimum atomic E-state index is 0.456. The molecular formula is C12H19N5O2. The third-order valence-corrected chi connectivity index (χ3v) is 2.58. The summed E-state index contributed by atoms with van der Waals surface area (Å²) in [6.45, 7) is 3.91. The van der Waals surface area contributed by atoms with E-state index >= 15 is 0 Å². The Labute approximate surface area is 111 Å². The first-order valence-corrected chi connectivity index (χ1v) is 6.44. The van der Waals surface area contributed by atoms with Crippen molar-refractivity contribution >= 4 is 17.1 Å². The second kappa shape index (κ2) is 6.89. The van der Waals surface area contributed by atoms with Crippen LogP contribution in [0.25, 0.3) is 11.2 Å². The summed E-state index contributed by atoms with van der Waals surface area (Å²) in [6, 6.07) is 0. The van der Waals surface area contributed by atoms with Crippen LogP contribution in [0.4, 0.5) is 5.95 Å². The maximum atomic E-state index is 5.61. The molecule has 0 fully saturated rings. The molecule has 7 nitrogen and oxygen atoms in total. The highest BCUT2D eigenvalue weighted by Gasteiger charge is 2.10. The van der Waals surface area contributed by atoms with Crippen molar-refractivity contribution in [1.29, 1.82) is 0 Å². The van der Waals surface area contributed by atoms with E-state index < -0.39 is 0 Å². The van der Waals surface area contributed by atoms with Gasteiger partial charge in [0.25, 0.3) is 0 Å². The predicted molar refractivity (Wildman–Crippen MR) is 72.5 cm³/mol. The molecule has 0 amide bonds. The smallest absolute Gasteiger partial charge is 0.245 e. The number of nitrogens with one attached hydrogen (secondary N) is 2. The number of imidazole rings is 1. The van der Waals surface area contributed by atoms with Gasteiger partial charge in [-0.25, -0.2) is 4.98 Å². The fourth-order valence-corrected chi connectivity index (χ4v) is 1.57. The minimum absolute atomic E-state index is 0.456. The summed E-state index contributed by atoms with van der Waals surface area (Å²) >= 11 is 0. The first kappa shape index (κ1) is 13.5. The summed E-state index contributed by atoms with van der Waals surface area (Å²) in [5.74, 6) is 0.979. The van der Waals surface area contributed by atoms with E-state index in [1.807, 2.05) is 0 Å². The molecular weight excluding hydrogens is 246 g/mol. The quantitative estimate of drug-likeness (QED) is 0.705. The molecule has 0 aliphatic carbocycles. The third-order valence-electron chi connectivity index (χ3n) is 2.58. The van der Waals surface area contributed by atoms with Crippen LogP contribution < -0.4 is 10.1 Å². The molecule has 2 heterocycles. The standard InChI is InChI=1S/C12H19N5O2/c1-3-4-5-18-6-7-19-11-9-10(15-8-14-9)16-12(13-2)17-11/h8H,3-7H2,1-2H3,(H2,13,14,15,16,17). The Morgan fingerprint density at radius 3 is 2.95 bits per heavy atom. The molecule has 0 aromatic carbocycles. The Kier molecular flexibility index (Phi) is 4.91. The highest BCUT2D eigenvalue weighted by atomic mass is 16.5. The van der Waals surface area contributed by atoms with Gasteiger partial charge in [-0.2, -0.15) is 9.97 Å². The lowest BCUT2D eigenvalue weighted by Gasteiger charge is -2.08. The highest BCUT2D eigenvalue weighted by Crippen LogP contribution is 2.20. The van der Waals surface area contributed by atoms with Crippen LogP contribution in [0.5, 0.6) is 5.88 Å². The van der Waals surface area contributed by atoms with Gasteiger partial charge in [0.05, 0.1) is 12.9 Å². The number of rotatable bonds is 8. The minimum Gasteiger partial charge on any atom is -0.474 e. The largest absolute Gasteiger partial charge is 0.474 e. The van der Waals surface area contributed by atoms with Crippen molar-refractivity contribution in [2.24, 2.45) is 0 Å². The van der Waals surface area contributed by atoms with Gasteiger partial charge in [0.1, 0.15) is 12.1 Å². The Balaban J connectivity index is 1.93. The van der Waals surface area contributed by atoms with Gasteiger partial charge >= 0.3 is 0 Å². The van der Waals surface area contributed by atoms with Crippen LogP contribution >= 0.6 is 0 Å². The number of hydrogen-bond donors (Lipinski definition) is 2. The SMILES string of the molecule is CCCCOCCOc1nc(NC)nc2nc[nH]c12. The first-order chi connectivity index (χ1) is 9.35. The number of aromatic amines is 1. The number of fused-ring (bicyclic) bond motifs is 1. The van der Waals surface area contributed by atoms with Crippen molar-refractivity contribution in [1.82, 2.24) is 19.9 Å². The van der Waals surface area contributed by atoms with E-state index in [0.29, 0.717) is 36.2 Å². The lowest BCUT2D eigenvalue weighted by atomic mass is 10.4. The molecule has 2 N–H and O–H groups in total. The normalized spacial score (nSPS) is 10.8. The summed E-state index contributed by atoms with van der Waals surface area (Å²) in [6.07, 6.45) is 3.78. The molecule has 0 spiro atoms. The zero-order valence-corrected chi connectivity index (χ0v) is 11.3. The molecule has 2 rings (SSSR count). The van der Waals surface area contributed by atoms with Crippen molar-refractivity contribution in [3.05, 3.63) is 6.33 Å². The van der Waals surface area contributed by atoms with E-state index in [2.05, 4.69) is 32.2 Å². The predicted octanol–water partition coefficient (Wildman–Crippen LogP) is 1.59. The summed E-state index contributed by atoms with van der Waals surface area (Å²) in [5.41, 5.74) is 1.29. The van der Waals surface area contributed by atoms with Gasteiger partial charge in [0.2, 0.25) is 11.8 Å². The Morgan fingerprint density at radius 2 is 2.16 bits per heavy atom. The zero-order valence-electron chi connectivity index (χ0n) is 11.3. The number of H-pyrrole nitrogens is 1. The van der Waals surface area contributed by atoms with Crippen molar-refractivity contribution in [3.8, 4) is 5.88 Å². The number of unbranched alkanes of at least 4 members (excludes halogenated alkanes) is 1. The van der Waals surface area contributed by atoms with E-state index in [-0.39, 0.29) is 0 Å². The second-order valence-electron chi connectivity index (χ2n) is 4.02. The molecule has 0 aliphatic rings. The average Bonchev–Trinajstić information content (AvgIpc) is 2.90. The van der Waals surface area contributed by atoms with Gasteiger partial charge in [-0.1, -0.05) is 13.3 Å². The maximum absolute atomic E-state index is 5.61. The van der Waals surface area contributed by atoms with Crippen LogP contribution in [0.2, 0.25) is 0 Å². The van der Waals surface area contributed by atoms with Crippen LogP contribution in [0.1, 0.15) is 19.8 Å². The average molecular weight is 265 g/mol. The molecule has 0 unspecified atom stereocenters. The highest BCUT2D eigenvalue weighted by molar-refractivity contribution is 5.76. The van der Waals surface area contributed by atoms with E-state index in [4.69, 9.17) is 9.47 Å². The number of hydrogen-bond acceptors (Lipinski definition) is 6. The number of nitrogens with zero attached hydrogens (tertiary/aromatic N) is 3. The maximum Gasteiger partial charge on any atom is 0.245 e. The van der Waals surface area contributed by atoms with Crippen molar-refractivity contribution in [2.45, 2.75) is 19.8 Å². The van der Waals surface area contributed by atoms with Gasteiger partial charge in [-0.05, 0) is 6.42 Å². The number of aromatic nitrogens is 4. The third kappa shape index (κ3) is 3.54. The van der Waals surface area contributed by atoms with Crippen LogP contribution in [0.15, 0.2) is 6.33 Å². The van der Waals surface area contributed by atoms with Gasteiger partial charge < -0.3 is 19.8 Å². The topological polar surface area (TPSA) is 84.9 Å². The molecule has 0 saturated carbocycles. The van der Waals surface area contributed by atoms with Crippen LogP contribution in [-0.2, 0) is 4.74 Å². The van der Waals surface area contributed by atoms with E-state index in [1.165, 1.54) is 0 Å². The Morgan fingerprint density at radius 1 is 1.26 bits per heavy atom. The van der Waals surface area contributed by atoms with Crippen LogP contribution in [0, 0.1) is 0 Å². The van der Waals surface area contributed by atoms with E-state index in [0.717, 1.165) is 19.4 Å². The molecule has 0 atom stereocenters. The van der Waals surface area contributed by atoms with Gasteiger partial charge in [0, 0.05) is 13.7 Å². The molecule has 104 valence electrons. The molecule has 0 radical (unpaired) electrons. The van der Waals surface area contributed by atoms with Crippen LogP contribution in [0.3, 0.4) is 0 Å². The molecule has 0 saturated heterocycles. The van der Waals surface area contributed by atoms with Gasteiger partial charge in [0.15, 0.2) is 5.65 Å². The van der Waals surface area contributed by atoms with Crippen LogP contribution in [-0.4, -0.2) is 46.8 Å². The molecule has 2 aromatic rings. The molecule has 0 aliphatic heterocycles. The Hall–Kier alpha value is -1.89. The fraction of sp³-hybridized carbons (Fsp3) is 0.583. The van der Waals surface area contributed by atoms with Gasteiger partial charge in [-0.15, -0.1) is 0 Å². The first-order valence-electron chi connectivity index (χ1n) is 6.44. The Bertz CT molecular complexity index is 514. The monoisotopic (exact) mass is 265 g/mol.